The summed E-state index contributed by atoms with van der Waals surface area (Å²) in [6, 6.07) is 8.70. The van der Waals surface area contributed by atoms with E-state index in [-0.39, 0.29) is 30.6 Å². The van der Waals surface area contributed by atoms with E-state index in [0.29, 0.717) is 12.0 Å². The van der Waals surface area contributed by atoms with Crippen LogP contribution < -0.4 is 15.4 Å². The Morgan fingerprint density at radius 2 is 1.97 bits per heavy atom. The highest BCUT2D eigenvalue weighted by Gasteiger charge is 2.24. The molecule has 3 N–H and O–H groups in total. The Morgan fingerprint density at radius 1 is 1.20 bits per heavy atom. The van der Waals surface area contributed by atoms with Gasteiger partial charge in [-0.2, -0.15) is 0 Å². The molecule has 1 heterocycles. The lowest BCUT2D eigenvalue weighted by Gasteiger charge is -2.29. The van der Waals surface area contributed by atoms with Crippen LogP contribution in [0.2, 0.25) is 0 Å². The van der Waals surface area contributed by atoms with E-state index >= 15 is 0 Å². The van der Waals surface area contributed by atoms with Crippen LogP contribution in [0.3, 0.4) is 0 Å². The van der Waals surface area contributed by atoms with Gasteiger partial charge in [-0.1, -0.05) is 25.5 Å². The van der Waals surface area contributed by atoms with Crippen LogP contribution in [-0.4, -0.2) is 62.4 Å². The second-order valence-corrected chi connectivity index (χ2v) is 7.80. The second kappa shape index (κ2) is 15.7. The van der Waals surface area contributed by atoms with Crippen molar-refractivity contribution < 1.29 is 9.84 Å². The first-order valence-electron chi connectivity index (χ1n) is 11.2. The number of aliphatic hydroxyl groups is 1. The summed E-state index contributed by atoms with van der Waals surface area (Å²) in [5.41, 5.74) is 1.28. The Morgan fingerprint density at radius 3 is 2.60 bits per heavy atom. The van der Waals surface area contributed by atoms with Gasteiger partial charge in [-0.05, 0) is 69.3 Å². The van der Waals surface area contributed by atoms with Gasteiger partial charge in [-0.15, -0.1) is 24.0 Å². The lowest BCUT2D eigenvalue weighted by molar-refractivity contribution is 0.244. The fourth-order valence-corrected chi connectivity index (χ4v) is 4.03. The molecule has 6 nitrogen and oxygen atoms in total. The van der Waals surface area contributed by atoms with E-state index in [9.17, 15) is 5.11 Å². The Hall–Kier alpha value is -1.06. The number of halogens is 1. The summed E-state index contributed by atoms with van der Waals surface area (Å²) < 4.78 is 5.45. The van der Waals surface area contributed by atoms with Crippen molar-refractivity contribution in [1.82, 2.24) is 15.5 Å². The van der Waals surface area contributed by atoms with Gasteiger partial charge in [0, 0.05) is 26.2 Å². The monoisotopic (exact) mass is 532 g/mol. The molecule has 0 aromatic heterocycles. The minimum Gasteiger partial charge on any atom is -0.497 e. The Labute approximate surface area is 199 Å². The molecule has 1 aliphatic rings. The predicted octanol–water partition coefficient (Wildman–Crippen LogP) is 3.80. The molecule has 1 saturated heterocycles. The smallest absolute Gasteiger partial charge is 0.191 e. The maximum atomic E-state index is 9.30. The quantitative estimate of drug-likeness (QED) is 0.217. The van der Waals surface area contributed by atoms with Gasteiger partial charge >= 0.3 is 0 Å². The molecule has 0 amide bonds. The van der Waals surface area contributed by atoms with E-state index in [1.54, 1.807) is 7.11 Å². The summed E-state index contributed by atoms with van der Waals surface area (Å²) in [4.78, 5) is 7.37. The maximum Gasteiger partial charge on any atom is 0.191 e. The van der Waals surface area contributed by atoms with Crippen molar-refractivity contribution in [3.8, 4) is 5.75 Å². The number of hydrogen-bond donors (Lipinski definition) is 3. The first-order valence-corrected chi connectivity index (χ1v) is 11.2. The summed E-state index contributed by atoms with van der Waals surface area (Å²) in [5.74, 6) is 2.20. The third kappa shape index (κ3) is 8.98. The third-order valence-electron chi connectivity index (χ3n) is 5.61. The average Bonchev–Trinajstić information content (AvgIpc) is 3.27. The number of likely N-dealkylation sites (tertiary alicyclic amines) is 1. The zero-order valence-electron chi connectivity index (χ0n) is 18.9. The molecule has 2 rings (SSSR count). The number of aliphatic hydroxyl groups excluding tert-OH is 1. The molecule has 0 spiro atoms. The van der Waals surface area contributed by atoms with E-state index in [1.807, 2.05) is 6.07 Å². The number of aliphatic imine (C=N–C) groups is 1. The third-order valence-corrected chi connectivity index (χ3v) is 5.61. The van der Waals surface area contributed by atoms with Gasteiger partial charge < -0.3 is 20.5 Å². The summed E-state index contributed by atoms with van der Waals surface area (Å²) >= 11 is 0. The molecule has 7 heteroatoms. The molecule has 0 saturated carbocycles. The Kier molecular flexibility index (Phi) is 14.1. The van der Waals surface area contributed by atoms with Gasteiger partial charge in [0.1, 0.15) is 5.75 Å². The van der Waals surface area contributed by atoms with E-state index in [4.69, 9.17) is 9.73 Å². The molecule has 0 aliphatic carbocycles. The zero-order valence-corrected chi connectivity index (χ0v) is 21.2. The zero-order chi connectivity index (χ0) is 20.9. The van der Waals surface area contributed by atoms with Gasteiger partial charge in [0.2, 0.25) is 0 Å². The van der Waals surface area contributed by atoms with Crippen molar-refractivity contribution in [2.75, 3.05) is 46.4 Å². The molecule has 1 aromatic carbocycles. The van der Waals surface area contributed by atoms with Crippen molar-refractivity contribution in [1.29, 1.82) is 0 Å². The largest absolute Gasteiger partial charge is 0.497 e. The first-order chi connectivity index (χ1) is 14.2. The van der Waals surface area contributed by atoms with Crippen molar-refractivity contribution in [2.24, 2.45) is 10.9 Å². The maximum absolute atomic E-state index is 9.30. The lowest BCUT2D eigenvalue weighted by Crippen LogP contribution is -2.43. The van der Waals surface area contributed by atoms with E-state index < -0.39 is 0 Å². The summed E-state index contributed by atoms with van der Waals surface area (Å²) in [6.07, 6.45) is 5.56. The van der Waals surface area contributed by atoms with Crippen LogP contribution >= 0.6 is 24.0 Å². The summed E-state index contributed by atoms with van der Waals surface area (Å²) in [5, 5.41) is 16.2. The van der Waals surface area contributed by atoms with Crippen LogP contribution in [0.1, 0.15) is 57.6 Å². The number of methoxy groups -OCH3 is 1. The summed E-state index contributed by atoms with van der Waals surface area (Å²) in [7, 11) is 1.72. The van der Waals surface area contributed by atoms with E-state index in [2.05, 4.69) is 47.6 Å². The first kappa shape index (κ1) is 27.0. The lowest BCUT2D eigenvalue weighted by atomic mass is 10.0. The molecular weight excluding hydrogens is 491 g/mol. The van der Waals surface area contributed by atoms with Crippen LogP contribution in [-0.2, 0) is 0 Å². The number of nitrogens with one attached hydrogen (secondary N) is 2. The minimum atomic E-state index is 0. The van der Waals surface area contributed by atoms with Crippen molar-refractivity contribution >= 4 is 29.9 Å². The van der Waals surface area contributed by atoms with Crippen LogP contribution in [0.4, 0.5) is 0 Å². The molecule has 2 atom stereocenters. The Balaban J connectivity index is 0.00000450. The number of benzene rings is 1. The van der Waals surface area contributed by atoms with Crippen LogP contribution in [0.5, 0.6) is 5.75 Å². The van der Waals surface area contributed by atoms with Gasteiger partial charge in [0.05, 0.1) is 13.2 Å². The van der Waals surface area contributed by atoms with Gasteiger partial charge in [0.15, 0.2) is 5.96 Å². The molecule has 172 valence electrons. The van der Waals surface area contributed by atoms with Crippen molar-refractivity contribution in [2.45, 2.75) is 52.0 Å². The highest BCUT2D eigenvalue weighted by molar-refractivity contribution is 14.0. The van der Waals surface area contributed by atoms with Crippen molar-refractivity contribution in [3.63, 3.8) is 0 Å². The van der Waals surface area contributed by atoms with Gasteiger partial charge in [0.25, 0.3) is 0 Å². The molecule has 1 aliphatic heterocycles. The highest BCUT2D eigenvalue weighted by Crippen LogP contribution is 2.27. The minimum absolute atomic E-state index is 0. The Bertz CT molecular complexity index is 603. The SMILES string of the molecule is CCCC(CCO)CN=C(NCC)NCC(c1cccc(OC)c1)N1CCCC1.I. The van der Waals surface area contributed by atoms with E-state index in [0.717, 1.165) is 63.7 Å². The topological polar surface area (TPSA) is 69.1 Å². The molecule has 0 bridgehead atoms. The highest BCUT2D eigenvalue weighted by atomic mass is 127. The second-order valence-electron chi connectivity index (χ2n) is 7.80. The van der Waals surface area contributed by atoms with Gasteiger partial charge in [-0.3, -0.25) is 9.89 Å². The fourth-order valence-electron chi connectivity index (χ4n) is 4.03. The van der Waals surface area contributed by atoms with Crippen LogP contribution in [0.15, 0.2) is 29.3 Å². The van der Waals surface area contributed by atoms with Crippen LogP contribution in [0, 0.1) is 5.92 Å². The number of nitrogens with zero attached hydrogens (tertiary/aromatic N) is 2. The predicted molar refractivity (Wildman–Crippen MR) is 136 cm³/mol. The number of ether oxygens (including phenoxy) is 1. The summed E-state index contributed by atoms with van der Waals surface area (Å²) in [6.45, 7) is 9.16. The van der Waals surface area contributed by atoms with Crippen molar-refractivity contribution in [3.05, 3.63) is 29.8 Å². The average molecular weight is 533 g/mol. The standard InChI is InChI=1S/C23H40N4O2.HI/c1-4-9-19(12-15-28)17-25-23(24-5-2)26-18-22(27-13-6-7-14-27)20-10-8-11-21(16-20)29-3;/h8,10-11,16,19,22,28H,4-7,9,12-15,17-18H2,1-3H3,(H2,24,25,26);1H. The molecule has 2 unspecified atom stereocenters. The molecule has 1 aromatic rings. The number of rotatable bonds is 12. The van der Waals surface area contributed by atoms with E-state index in [1.165, 1.54) is 18.4 Å². The fraction of sp³-hybridized carbons (Fsp3) is 0.696. The molecule has 0 radical (unpaired) electrons. The number of hydrogen-bond acceptors (Lipinski definition) is 4. The number of guanidine groups is 1. The normalized spacial score (nSPS) is 16.6. The van der Waals surface area contributed by atoms with Crippen LogP contribution in [0.25, 0.3) is 0 Å². The molecular formula is C23H41IN4O2. The molecule has 1 fully saturated rings. The molecule has 30 heavy (non-hydrogen) atoms. The van der Waals surface area contributed by atoms with Gasteiger partial charge in [-0.25, -0.2) is 0 Å².